The van der Waals surface area contributed by atoms with Crippen molar-refractivity contribution in [2.24, 2.45) is 7.05 Å². The van der Waals surface area contributed by atoms with Crippen molar-refractivity contribution in [1.82, 2.24) is 9.47 Å². The lowest BCUT2D eigenvalue weighted by Gasteiger charge is -2.20. The maximum atomic E-state index is 8.98. The first-order chi connectivity index (χ1) is 9.02. The predicted octanol–water partition coefficient (Wildman–Crippen LogP) is 3.19. The molecular formula is C16H19N3. The first-order valence-electron chi connectivity index (χ1n) is 6.36. The van der Waals surface area contributed by atoms with Crippen molar-refractivity contribution in [3.63, 3.8) is 0 Å². The maximum absolute atomic E-state index is 8.98. The van der Waals surface area contributed by atoms with Gasteiger partial charge in [0.2, 0.25) is 0 Å². The summed E-state index contributed by atoms with van der Waals surface area (Å²) in [5.41, 5.74) is 4.21. The Balaban J connectivity index is 2.30. The molecule has 3 heteroatoms. The Morgan fingerprint density at radius 1 is 1.16 bits per heavy atom. The van der Waals surface area contributed by atoms with Crippen molar-refractivity contribution in [3.05, 3.63) is 47.8 Å². The molecule has 0 aliphatic carbocycles. The van der Waals surface area contributed by atoms with Gasteiger partial charge in [0, 0.05) is 24.8 Å². The van der Waals surface area contributed by atoms with Crippen LogP contribution in [0, 0.1) is 11.3 Å². The number of hydrogen-bond acceptors (Lipinski definition) is 2. The van der Waals surface area contributed by atoms with E-state index in [1.54, 1.807) is 0 Å². The first kappa shape index (κ1) is 13.4. The van der Waals surface area contributed by atoms with Crippen LogP contribution in [0.5, 0.6) is 0 Å². The van der Waals surface area contributed by atoms with Gasteiger partial charge >= 0.3 is 0 Å². The maximum Gasteiger partial charge on any atom is 0.120 e. The molecule has 0 N–H and O–H groups in total. The summed E-state index contributed by atoms with van der Waals surface area (Å²) in [6.45, 7) is 2.19. The molecule has 0 radical (unpaired) electrons. The van der Waals surface area contributed by atoms with Crippen LogP contribution in [0.25, 0.3) is 11.1 Å². The number of hydrogen-bond donors (Lipinski definition) is 0. The molecule has 0 bridgehead atoms. The Kier molecular flexibility index (Phi) is 3.73. The number of rotatable bonds is 3. The van der Waals surface area contributed by atoms with Crippen molar-refractivity contribution in [1.29, 1.82) is 5.26 Å². The van der Waals surface area contributed by atoms with Gasteiger partial charge in [0.05, 0.1) is 0 Å². The zero-order valence-corrected chi connectivity index (χ0v) is 11.9. The van der Waals surface area contributed by atoms with Crippen LogP contribution >= 0.6 is 0 Å². The monoisotopic (exact) mass is 253 g/mol. The molecule has 1 heterocycles. The number of aromatic nitrogens is 1. The number of nitriles is 1. The number of aryl methyl sites for hydroxylation is 1. The number of benzene rings is 1. The van der Waals surface area contributed by atoms with Crippen molar-refractivity contribution in [2.45, 2.75) is 13.0 Å². The van der Waals surface area contributed by atoms with Crippen molar-refractivity contribution >= 4 is 0 Å². The van der Waals surface area contributed by atoms with E-state index in [0.29, 0.717) is 11.7 Å². The lowest BCUT2D eigenvalue weighted by molar-refractivity contribution is 0.321. The van der Waals surface area contributed by atoms with E-state index in [4.69, 9.17) is 5.26 Å². The zero-order valence-electron chi connectivity index (χ0n) is 11.9. The molecule has 1 aromatic carbocycles. The third-order valence-electron chi connectivity index (χ3n) is 3.62. The molecule has 3 nitrogen and oxygen atoms in total. The van der Waals surface area contributed by atoms with Crippen LogP contribution in [-0.2, 0) is 7.05 Å². The summed E-state index contributed by atoms with van der Waals surface area (Å²) in [6.07, 6.45) is 1.99. The third kappa shape index (κ3) is 2.69. The van der Waals surface area contributed by atoms with Crippen LogP contribution in [0.15, 0.2) is 36.5 Å². The van der Waals surface area contributed by atoms with E-state index in [-0.39, 0.29) is 0 Å². The molecule has 0 aliphatic rings. The lowest BCUT2D eigenvalue weighted by Crippen LogP contribution is -2.16. The summed E-state index contributed by atoms with van der Waals surface area (Å²) >= 11 is 0. The van der Waals surface area contributed by atoms with E-state index in [0.717, 1.165) is 11.1 Å². The van der Waals surface area contributed by atoms with Gasteiger partial charge in [-0.2, -0.15) is 5.26 Å². The van der Waals surface area contributed by atoms with Gasteiger partial charge in [-0.3, -0.25) is 0 Å². The van der Waals surface area contributed by atoms with Crippen molar-refractivity contribution in [3.8, 4) is 17.2 Å². The zero-order chi connectivity index (χ0) is 14.0. The van der Waals surface area contributed by atoms with E-state index >= 15 is 0 Å². The Bertz CT molecular complexity index is 600. The van der Waals surface area contributed by atoms with Gasteiger partial charge in [-0.25, -0.2) is 0 Å². The molecule has 2 aromatic rings. The minimum Gasteiger partial charge on any atom is -0.342 e. The fourth-order valence-corrected chi connectivity index (χ4v) is 2.09. The predicted molar refractivity (Wildman–Crippen MR) is 77.7 cm³/mol. The largest absolute Gasteiger partial charge is 0.342 e. The smallest absolute Gasteiger partial charge is 0.120 e. The van der Waals surface area contributed by atoms with Gasteiger partial charge in [-0.05, 0) is 38.2 Å². The van der Waals surface area contributed by atoms with E-state index < -0.39 is 0 Å². The van der Waals surface area contributed by atoms with E-state index in [1.165, 1.54) is 5.56 Å². The summed E-state index contributed by atoms with van der Waals surface area (Å²) in [6, 6.07) is 13.0. The van der Waals surface area contributed by atoms with Gasteiger partial charge in [0.25, 0.3) is 0 Å². The minimum atomic E-state index is 0.402. The quantitative estimate of drug-likeness (QED) is 0.841. The fourth-order valence-electron chi connectivity index (χ4n) is 2.09. The van der Waals surface area contributed by atoms with Gasteiger partial charge in [0.15, 0.2) is 0 Å². The molecule has 98 valence electrons. The van der Waals surface area contributed by atoms with Crippen LogP contribution in [0.4, 0.5) is 0 Å². The second-order valence-corrected chi connectivity index (χ2v) is 5.10. The normalized spacial score (nSPS) is 12.4. The molecule has 0 aliphatic heterocycles. The van der Waals surface area contributed by atoms with Crippen molar-refractivity contribution < 1.29 is 0 Å². The molecular weight excluding hydrogens is 234 g/mol. The molecule has 0 saturated carbocycles. The highest BCUT2D eigenvalue weighted by molar-refractivity contribution is 5.65. The van der Waals surface area contributed by atoms with Crippen LogP contribution in [-0.4, -0.2) is 23.6 Å². The molecule has 2 rings (SSSR count). The summed E-state index contributed by atoms with van der Waals surface area (Å²) in [5, 5.41) is 8.98. The second-order valence-electron chi connectivity index (χ2n) is 5.10. The van der Waals surface area contributed by atoms with Crippen LogP contribution in [0.3, 0.4) is 0 Å². The highest BCUT2D eigenvalue weighted by Crippen LogP contribution is 2.24. The Morgan fingerprint density at radius 3 is 2.26 bits per heavy atom. The highest BCUT2D eigenvalue weighted by Gasteiger charge is 2.09. The van der Waals surface area contributed by atoms with E-state index in [1.807, 2.05) is 23.9 Å². The Labute approximate surface area is 114 Å². The fraction of sp³-hybridized carbons (Fsp3) is 0.312. The SMILES string of the molecule is CC(c1ccc(-c2cc(C#N)n(C)c2)cc1)N(C)C. The Hall–Kier alpha value is -2.05. The molecule has 0 spiro atoms. The van der Waals surface area contributed by atoms with Crippen LogP contribution in [0.2, 0.25) is 0 Å². The van der Waals surface area contributed by atoms with Crippen LogP contribution in [0.1, 0.15) is 24.2 Å². The molecule has 19 heavy (non-hydrogen) atoms. The van der Waals surface area contributed by atoms with Crippen molar-refractivity contribution in [2.75, 3.05) is 14.1 Å². The van der Waals surface area contributed by atoms with Gasteiger partial charge < -0.3 is 9.47 Å². The van der Waals surface area contributed by atoms with E-state index in [9.17, 15) is 0 Å². The number of nitrogens with zero attached hydrogens (tertiary/aromatic N) is 3. The van der Waals surface area contributed by atoms with Gasteiger partial charge in [-0.1, -0.05) is 24.3 Å². The first-order valence-corrected chi connectivity index (χ1v) is 6.36. The van der Waals surface area contributed by atoms with Gasteiger partial charge in [-0.15, -0.1) is 0 Å². The summed E-state index contributed by atoms with van der Waals surface area (Å²) in [7, 11) is 6.05. The minimum absolute atomic E-state index is 0.402. The summed E-state index contributed by atoms with van der Waals surface area (Å²) < 4.78 is 1.85. The lowest BCUT2D eigenvalue weighted by atomic mass is 10.0. The molecule has 0 amide bonds. The third-order valence-corrected chi connectivity index (χ3v) is 3.62. The van der Waals surface area contributed by atoms with Crippen LogP contribution < -0.4 is 0 Å². The Morgan fingerprint density at radius 2 is 1.79 bits per heavy atom. The highest BCUT2D eigenvalue weighted by atomic mass is 15.1. The molecule has 1 aromatic heterocycles. The second kappa shape index (κ2) is 5.29. The molecule has 1 atom stereocenters. The molecule has 1 unspecified atom stereocenters. The van der Waals surface area contributed by atoms with Gasteiger partial charge in [0.1, 0.15) is 11.8 Å². The average Bonchev–Trinajstić information content (AvgIpc) is 2.79. The average molecular weight is 253 g/mol. The summed E-state index contributed by atoms with van der Waals surface area (Å²) in [4.78, 5) is 2.19. The topological polar surface area (TPSA) is 32.0 Å². The molecule has 0 fully saturated rings. The summed E-state index contributed by atoms with van der Waals surface area (Å²) in [5.74, 6) is 0. The van der Waals surface area contributed by atoms with E-state index in [2.05, 4.69) is 56.3 Å². The molecule has 0 saturated heterocycles. The standard InChI is InChI=1S/C16H19N3/c1-12(18(2)3)13-5-7-14(8-6-13)15-9-16(10-17)19(4)11-15/h5-9,11-12H,1-4H3.